The second-order valence-electron chi connectivity index (χ2n) is 8.00. The summed E-state index contributed by atoms with van der Waals surface area (Å²) in [7, 11) is 0. The summed E-state index contributed by atoms with van der Waals surface area (Å²) in [5, 5.41) is 12.5. The van der Waals surface area contributed by atoms with Crippen molar-refractivity contribution in [1.82, 2.24) is 20.1 Å². The van der Waals surface area contributed by atoms with Crippen LogP contribution in [-0.4, -0.2) is 33.2 Å². The molecule has 3 aromatic carbocycles. The molecule has 4 aromatic rings. The lowest BCUT2D eigenvalue weighted by molar-refractivity contribution is -0.118. The molecule has 0 atom stereocenters. The summed E-state index contributed by atoms with van der Waals surface area (Å²) < 4.78 is 13.0. The standard InChI is InChI=1S/C26H24N4O3S/c1-18-7-9-19(10-8-18)14-27-24(31)16-34-26-29-28-25(21-5-3-2-4-6-21)30(26)15-20-11-12-22-23(13-20)33-17-32-22/h2-13H,14-17H2,1H3,(H,27,31). The summed E-state index contributed by atoms with van der Waals surface area (Å²) in [6.07, 6.45) is 0. The number of aromatic nitrogens is 3. The van der Waals surface area contributed by atoms with Crippen LogP contribution in [-0.2, 0) is 17.9 Å². The molecule has 1 amide bonds. The van der Waals surface area contributed by atoms with Gasteiger partial charge in [-0.05, 0) is 30.2 Å². The van der Waals surface area contributed by atoms with Crippen LogP contribution in [0.2, 0.25) is 0 Å². The van der Waals surface area contributed by atoms with Crippen molar-refractivity contribution < 1.29 is 14.3 Å². The molecule has 34 heavy (non-hydrogen) atoms. The zero-order chi connectivity index (χ0) is 23.3. The monoisotopic (exact) mass is 472 g/mol. The molecule has 0 unspecified atom stereocenters. The van der Waals surface area contributed by atoms with Crippen LogP contribution in [0.5, 0.6) is 11.5 Å². The number of hydrogen-bond acceptors (Lipinski definition) is 6. The number of aryl methyl sites for hydroxylation is 1. The van der Waals surface area contributed by atoms with Crippen LogP contribution in [0, 0.1) is 6.92 Å². The first kappa shape index (κ1) is 22.0. The fourth-order valence-electron chi connectivity index (χ4n) is 3.65. The molecule has 8 heteroatoms. The first-order chi connectivity index (χ1) is 16.7. The van der Waals surface area contributed by atoms with Gasteiger partial charge in [0.05, 0.1) is 12.3 Å². The van der Waals surface area contributed by atoms with Gasteiger partial charge in [-0.2, -0.15) is 0 Å². The van der Waals surface area contributed by atoms with Gasteiger partial charge in [-0.15, -0.1) is 10.2 Å². The maximum absolute atomic E-state index is 12.5. The molecule has 0 saturated heterocycles. The smallest absolute Gasteiger partial charge is 0.231 e. The third kappa shape index (κ3) is 5.07. The minimum atomic E-state index is -0.0514. The first-order valence-electron chi connectivity index (χ1n) is 11.0. The summed E-state index contributed by atoms with van der Waals surface area (Å²) >= 11 is 1.37. The van der Waals surface area contributed by atoms with Crippen LogP contribution < -0.4 is 14.8 Å². The Bertz CT molecular complexity index is 1290. The van der Waals surface area contributed by atoms with E-state index in [1.165, 1.54) is 17.3 Å². The Balaban J connectivity index is 1.31. The zero-order valence-corrected chi connectivity index (χ0v) is 19.5. The second kappa shape index (κ2) is 10.0. The second-order valence-corrected chi connectivity index (χ2v) is 8.94. The van der Waals surface area contributed by atoms with Gasteiger partial charge in [-0.25, -0.2) is 0 Å². The molecule has 0 radical (unpaired) electrons. The van der Waals surface area contributed by atoms with Gasteiger partial charge in [0.1, 0.15) is 0 Å². The topological polar surface area (TPSA) is 78.3 Å². The van der Waals surface area contributed by atoms with Crippen LogP contribution in [0.4, 0.5) is 0 Å². The summed E-state index contributed by atoms with van der Waals surface area (Å²) in [5.41, 5.74) is 4.27. The molecule has 0 fully saturated rings. The quantitative estimate of drug-likeness (QED) is 0.382. The number of rotatable bonds is 8. The molecule has 7 nitrogen and oxygen atoms in total. The molecule has 2 heterocycles. The lowest BCUT2D eigenvalue weighted by Gasteiger charge is -2.11. The zero-order valence-electron chi connectivity index (χ0n) is 18.7. The fraction of sp³-hybridized carbons (Fsp3) is 0.192. The number of carbonyl (C=O) groups excluding carboxylic acids is 1. The SMILES string of the molecule is Cc1ccc(CNC(=O)CSc2nnc(-c3ccccc3)n2Cc2ccc3c(c2)OCO3)cc1. The van der Waals surface area contributed by atoms with E-state index in [4.69, 9.17) is 9.47 Å². The number of benzene rings is 3. The molecule has 0 spiro atoms. The van der Waals surface area contributed by atoms with Crippen molar-refractivity contribution in [3.63, 3.8) is 0 Å². The molecule has 1 aliphatic rings. The van der Waals surface area contributed by atoms with E-state index in [0.29, 0.717) is 18.2 Å². The van der Waals surface area contributed by atoms with E-state index < -0.39 is 0 Å². The molecule has 172 valence electrons. The average molecular weight is 473 g/mol. The molecule has 1 N–H and O–H groups in total. The van der Waals surface area contributed by atoms with E-state index >= 15 is 0 Å². The van der Waals surface area contributed by atoms with Crippen molar-refractivity contribution in [3.05, 3.63) is 89.5 Å². The Hall–Kier alpha value is -3.78. The van der Waals surface area contributed by atoms with E-state index in [1.807, 2.05) is 84.3 Å². The Labute approximate surface area is 202 Å². The maximum Gasteiger partial charge on any atom is 0.231 e. The van der Waals surface area contributed by atoms with Gasteiger partial charge in [0, 0.05) is 12.1 Å². The average Bonchev–Trinajstić information content (AvgIpc) is 3.49. The number of nitrogens with one attached hydrogen (secondary N) is 1. The van der Waals surface area contributed by atoms with Crippen LogP contribution in [0.1, 0.15) is 16.7 Å². The highest BCUT2D eigenvalue weighted by Gasteiger charge is 2.18. The molecular weight excluding hydrogens is 448 g/mol. The van der Waals surface area contributed by atoms with Crippen molar-refractivity contribution in [1.29, 1.82) is 0 Å². The molecule has 0 aliphatic carbocycles. The van der Waals surface area contributed by atoms with Crippen molar-refractivity contribution in [2.24, 2.45) is 0 Å². The van der Waals surface area contributed by atoms with Gasteiger partial charge in [-0.3, -0.25) is 9.36 Å². The molecule has 5 rings (SSSR count). The van der Waals surface area contributed by atoms with Crippen LogP contribution in [0.15, 0.2) is 78.0 Å². The third-order valence-electron chi connectivity index (χ3n) is 5.47. The predicted octanol–water partition coefficient (Wildman–Crippen LogP) is 4.44. The van der Waals surface area contributed by atoms with Gasteiger partial charge < -0.3 is 14.8 Å². The van der Waals surface area contributed by atoms with Crippen LogP contribution >= 0.6 is 11.8 Å². The summed E-state index contributed by atoms with van der Waals surface area (Å²) in [4.78, 5) is 12.5. The lowest BCUT2D eigenvalue weighted by Crippen LogP contribution is -2.24. The van der Waals surface area contributed by atoms with Crippen molar-refractivity contribution >= 4 is 17.7 Å². The largest absolute Gasteiger partial charge is 0.454 e. The highest BCUT2D eigenvalue weighted by molar-refractivity contribution is 7.99. The fourth-order valence-corrected chi connectivity index (χ4v) is 4.42. The summed E-state index contributed by atoms with van der Waals surface area (Å²) in [6.45, 7) is 3.32. The number of amides is 1. The number of hydrogen-bond donors (Lipinski definition) is 1. The molecule has 1 aromatic heterocycles. The molecule has 0 bridgehead atoms. The van der Waals surface area contributed by atoms with Crippen molar-refractivity contribution in [3.8, 4) is 22.9 Å². The minimum absolute atomic E-state index is 0.0514. The van der Waals surface area contributed by atoms with Gasteiger partial charge in [0.2, 0.25) is 12.7 Å². The number of nitrogens with zero attached hydrogens (tertiary/aromatic N) is 3. The van der Waals surface area contributed by atoms with E-state index in [2.05, 4.69) is 15.5 Å². The first-order valence-corrected chi connectivity index (χ1v) is 12.0. The van der Waals surface area contributed by atoms with E-state index in [1.54, 1.807) is 0 Å². The van der Waals surface area contributed by atoms with Gasteiger partial charge >= 0.3 is 0 Å². The van der Waals surface area contributed by atoms with Crippen LogP contribution in [0.3, 0.4) is 0 Å². The maximum atomic E-state index is 12.5. The van der Waals surface area contributed by atoms with Crippen molar-refractivity contribution in [2.45, 2.75) is 25.2 Å². The van der Waals surface area contributed by atoms with E-state index in [0.717, 1.165) is 34.0 Å². The van der Waals surface area contributed by atoms with Gasteiger partial charge in [-0.1, -0.05) is 78.0 Å². The summed E-state index contributed by atoms with van der Waals surface area (Å²) in [5.74, 6) is 2.43. The van der Waals surface area contributed by atoms with E-state index in [9.17, 15) is 4.79 Å². The van der Waals surface area contributed by atoms with Crippen LogP contribution in [0.25, 0.3) is 11.4 Å². The Kier molecular flexibility index (Phi) is 6.49. The number of carbonyl (C=O) groups is 1. The van der Waals surface area contributed by atoms with Crippen molar-refractivity contribution in [2.75, 3.05) is 12.5 Å². The number of thioether (sulfide) groups is 1. The highest BCUT2D eigenvalue weighted by atomic mass is 32.2. The third-order valence-corrected chi connectivity index (χ3v) is 6.44. The Morgan fingerprint density at radius 1 is 0.971 bits per heavy atom. The Morgan fingerprint density at radius 2 is 1.74 bits per heavy atom. The molecular formula is C26H24N4O3S. The normalized spacial score (nSPS) is 12.0. The minimum Gasteiger partial charge on any atom is -0.454 e. The number of fused-ring (bicyclic) bond motifs is 1. The van der Waals surface area contributed by atoms with Gasteiger partial charge in [0.25, 0.3) is 0 Å². The van der Waals surface area contributed by atoms with E-state index in [-0.39, 0.29) is 18.5 Å². The lowest BCUT2D eigenvalue weighted by atomic mass is 10.1. The molecule has 0 saturated carbocycles. The van der Waals surface area contributed by atoms with Gasteiger partial charge in [0.15, 0.2) is 22.5 Å². The summed E-state index contributed by atoms with van der Waals surface area (Å²) in [6, 6.07) is 23.9. The predicted molar refractivity (Wildman–Crippen MR) is 131 cm³/mol. The highest BCUT2D eigenvalue weighted by Crippen LogP contribution is 2.33. The number of ether oxygens (including phenoxy) is 2. The molecule has 1 aliphatic heterocycles. The Morgan fingerprint density at radius 3 is 2.56 bits per heavy atom.